The summed E-state index contributed by atoms with van der Waals surface area (Å²) in [4.78, 5) is 9.17. The molecule has 0 atom stereocenters. The van der Waals surface area contributed by atoms with E-state index < -0.39 is 33.4 Å². The van der Waals surface area contributed by atoms with Crippen LogP contribution in [0.25, 0.3) is 0 Å². The van der Waals surface area contributed by atoms with Crippen molar-refractivity contribution in [2.24, 2.45) is 0 Å². The van der Waals surface area contributed by atoms with Crippen LogP contribution >= 0.6 is 0 Å². The number of benzene rings is 1. The summed E-state index contributed by atoms with van der Waals surface area (Å²) >= 11 is 0. The second-order valence-corrected chi connectivity index (χ2v) is 2.43. The van der Waals surface area contributed by atoms with Crippen LogP contribution in [0.2, 0.25) is 0 Å². The largest absolute Gasteiger partial charge is 0.307 e. The van der Waals surface area contributed by atoms with Gasteiger partial charge in [0.1, 0.15) is 17.7 Å². The minimum atomic E-state index is -1.57. The fraction of sp³-hybridized carbons (Fsp3) is 0. The molecule has 74 valence electrons. The third-order valence-electron chi connectivity index (χ3n) is 1.61. The van der Waals surface area contributed by atoms with E-state index in [-0.39, 0.29) is 0 Å². The molecule has 7 heteroatoms. The van der Waals surface area contributed by atoms with Crippen LogP contribution in [0.4, 0.5) is 14.5 Å². The van der Waals surface area contributed by atoms with Crippen LogP contribution in [0.15, 0.2) is 6.07 Å². The summed E-state index contributed by atoms with van der Waals surface area (Å²) in [6.07, 6.45) is 0. The van der Waals surface area contributed by atoms with E-state index in [2.05, 4.69) is 0 Å². The van der Waals surface area contributed by atoms with Gasteiger partial charge in [0.05, 0.1) is 10.5 Å². The molecule has 0 unspecified atom stereocenters. The minimum absolute atomic E-state index is 0.450. The molecule has 1 rings (SSSR count). The molecule has 1 aromatic carbocycles. The summed E-state index contributed by atoms with van der Waals surface area (Å²) in [5, 5.41) is 27.0. The molecular weight excluding hydrogens is 208 g/mol. The second kappa shape index (κ2) is 3.68. The van der Waals surface area contributed by atoms with Crippen molar-refractivity contribution in [3.63, 3.8) is 0 Å². The monoisotopic (exact) mass is 209 g/mol. The molecule has 0 saturated heterocycles. The Morgan fingerprint density at radius 2 is 1.87 bits per heavy atom. The first-order valence-corrected chi connectivity index (χ1v) is 3.49. The Morgan fingerprint density at radius 1 is 1.27 bits per heavy atom. The Hall–Kier alpha value is -2.54. The van der Waals surface area contributed by atoms with Gasteiger partial charge in [0.15, 0.2) is 5.82 Å². The summed E-state index contributed by atoms with van der Waals surface area (Å²) in [7, 11) is 0. The maximum atomic E-state index is 13.1. The first-order valence-electron chi connectivity index (χ1n) is 3.49. The first kappa shape index (κ1) is 10.5. The van der Waals surface area contributed by atoms with Crippen LogP contribution in [0, 0.1) is 44.4 Å². The lowest BCUT2D eigenvalue weighted by Crippen LogP contribution is -2.01. The maximum absolute atomic E-state index is 13.1. The fourth-order valence-corrected chi connectivity index (χ4v) is 0.935. The Morgan fingerprint density at radius 3 is 2.27 bits per heavy atom. The van der Waals surface area contributed by atoms with Crippen molar-refractivity contribution in [3.8, 4) is 12.1 Å². The Kier molecular flexibility index (Phi) is 2.59. The summed E-state index contributed by atoms with van der Waals surface area (Å²) < 4.78 is 26.2. The molecule has 0 spiro atoms. The molecule has 0 fully saturated rings. The van der Waals surface area contributed by atoms with Gasteiger partial charge in [-0.3, -0.25) is 10.1 Å². The van der Waals surface area contributed by atoms with Crippen molar-refractivity contribution in [1.82, 2.24) is 0 Å². The van der Waals surface area contributed by atoms with Gasteiger partial charge in [-0.15, -0.1) is 0 Å². The third-order valence-corrected chi connectivity index (χ3v) is 1.61. The lowest BCUT2D eigenvalue weighted by Gasteiger charge is -1.99. The molecule has 5 nitrogen and oxygen atoms in total. The van der Waals surface area contributed by atoms with Crippen molar-refractivity contribution in [2.45, 2.75) is 0 Å². The van der Waals surface area contributed by atoms with Gasteiger partial charge < -0.3 is 0 Å². The lowest BCUT2D eigenvalue weighted by atomic mass is 10.1. The molecule has 0 amide bonds. The summed E-state index contributed by atoms with van der Waals surface area (Å²) in [6.45, 7) is 0. The van der Waals surface area contributed by atoms with Gasteiger partial charge in [-0.2, -0.15) is 14.9 Å². The van der Waals surface area contributed by atoms with Crippen LogP contribution in [-0.2, 0) is 0 Å². The minimum Gasteiger partial charge on any atom is -0.258 e. The van der Waals surface area contributed by atoms with E-state index >= 15 is 0 Å². The molecule has 0 aromatic heterocycles. The van der Waals surface area contributed by atoms with Crippen molar-refractivity contribution >= 4 is 5.69 Å². The zero-order valence-electron chi connectivity index (χ0n) is 6.99. The quantitative estimate of drug-likeness (QED) is 0.518. The Balaban J connectivity index is 3.70. The van der Waals surface area contributed by atoms with Gasteiger partial charge in [-0.25, -0.2) is 4.39 Å². The number of hydrogen-bond acceptors (Lipinski definition) is 4. The summed E-state index contributed by atoms with van der Waals surface area (Å²) in [5.74, 6) is -2.96. The number of hydrogen-bond donors (Lipinski definition) is 0. The number of nitro benzene ring substituents is 1. The average Bonchev–Trinajstić information content (AvgIpc) is 2.18. The van der Waals surface area contributed by atoms with Gasteiger partial charge in [-0.1, -0.05) is 0 Å². The highest BCUT2D eigenvalue weighted by atomic mass is 19.1. The zero-order valence-corrected chi connectivity index (χ0v) is 6.99. The van der Waals surface area contributed by atoms with Gasteiger partial charge in [0, 0.05) is 6.07 Å². The highest BCUT2D eigenvalue weighted by molar-refractivity contribution is 5.51. The van der Waals surface area contributed by atoms with E-state index in [9.17, 15) is 18.9 Å². The number of halogens is 2. The van der Waals surface area contributed by atoms with Crippen molar-refractivity contribution in [3.05, 3.63) is 38.9 Å². The van der Waals surface area contributed by atoms with Crippen LogP contribution in [0.3, 0.4) is 0 Å². The molecule has 0 bridgehead atoms. The average molecular weight is 209 g/mol. The predicted octanol–water partition coefficient (Wildman–Crippen LogP) is 1.62. The fourth-order valence-electron chi connectivity index (χ4n) is 0.935. The Labute approximate surface area is 81.9 Å². The summed E-state index contributed by atoms with van der Waals surface area (Å²) in [6, 6.07) is 2.87. The van der Waals surface area contributed by atoms with Crippen LogP contribution < -0.4 is 0 Å². The van der Waals surface area contributed by atoms with E-state index in [1.165, 1.54) is 6.07 Å². The molecule has 0 radical (unpaired) electrons. The standard InChI is InChI=1S/C8HF2N3O2/c9-7-4(2-11)1-6(13(14)15)8(10)5(7)3-12/h1H. The lowest BCUT2D eigenvalue weighted by molar-refractivity contribution is -0.387. The third kappa shape index (κ3) is 1.58. The second-order valence-electron chi connectivity index (χ2n) is 2.43. The van der Waals surface area contributed by atoms with Gasteiger partial charge in [-0.05, 0) is 0 Å². The molecule has 0 saturated carbocycles. The number of rotatable bonds is 1. The normalized spacial score (nSPS) is 9.07. The van der Waals surface area contributed by atoms with Crippen LogP contribution in [-0.4, -0.2) is 4.92 Å². The molecule has 1 aromatic rings. The number of nitriles is 2. The van der Waals surface area contributed by atoms with E-state index in [0.717, 1.165) is 6.07 Å². The molecule has 0 heterocycles. The van der Waals surface area contributed by atoms with E-state index in [4.69, 9.17) is 10.5 Å². The summed E-state index contributed by atoms with van der Waals surface area (Å²) in [5.41, 5.74) is -2.95. The molecule has 0 aliphatic heterocycles. The van der Waals surface area contributed by atoms with Crippen molar-refractivity contribution < 1.29 is 13.7 Å². The van der Waals surface area contributed by atoms with Gasteiger partial charge >= 0.3 is 5.69 Å². The van der Waals surface area contributed by atoms with Gasteiger partial charge in [0.25, 0.3) is 0 Å². The SMILES string of the molecule is N#Cc1cc([N+](=O)[O-])c(F)c(C#N)c1F. The zero-order chi connectivity index (χ0) is 11.6. The topological polar surface area (TPSA) is 90.7 Å². The first-order chi connectivity index (χ1) is 7.02. The molecular formula is C8HF2N3O2. The maximum Gasteiger partial charge on any atom is 0.307 e. The smallest absolute Gasteiger partial charge is 0.258 e. The molecule has 15 heavy (non-hydrogen) atoms. The Bertz CT molecular complexity index is 528. The van der Waals surface area contributed by atoms with Crippen LogP contribution in [0.5, 0.6) is 0 Å². The predicted molar refractivity (Wildman–Crippen MR) is 42.4 cm³/mol. The van der Waals surface area contributed by atoms with E-state index in [0.29, 0.717) is 6.07 Å². The highest BCUT2D eigenvalue weighted by Crippen LogP contribution is 2.25. The molecule has 0 N–H and O–H groups in total. The van der Waals surface area contributed by atoms with Crippen LogP contribution in [0.1, 0.15) is 11.1 Å². The van der Waals surface area contributed by atoms with E-state index in [1.54, 1.807) is 0 Å². The van der Waals surface area contributed by atoms with Gasteiger partial charge in [0.2, 0.25) is 5.82 Å². The highest BCUT2D eigenvalue weighted by Gasteiger charge is 2.25. The molecule has 0 aliphatic carbocycles. The number of nitro groups is 1. The number of nitrogens with zero attached hydrogens (tertiary/aromatic N) is 3. The van der Waals surface area contributed by atoms with Crippen molar-refractivity contribution in [1.29, 1.82) is 10.5 Å². The van der Waals surface area contributed by atoms with E-state index in [1.807, 2.05) is 0 Å². The van der Waals surface area contributed by atoms with Crippen molar-refractivity contribution in [2.75, 3.05) is 0 Å². The molecule has 0 aliphatic rings.